The Balaban J connectivity index is 1.50. The number of aromatic nitrogens is 3. The van der Waals surface area contributed by atoms with E-state index in [-0.39, 0.29) is 5.91 Å². The molecule has 144 valence electrons. The summed E-state index contributed by atoms with van der Waals surface area (Å²) in [6.45, 7) is 1.76. The topological polar surface area (TPSA) is 103 Å². The van der Waals surface area contributed by atoms with Crippen LogP contribution < -0.4 is 11.1 Å². The molecular formula is C21H17N5O2S. The summed E-state index contributed by atoms with van der Waals surface area (Å²) in [7, 11) is 0. The Morgan fingerprint density at radius 1 is 1.14 bits per heavy atom. The first-order valence-corrected chi connectivity index (χ1v) is 9.67. The Morgan fingerprint density at radius 2 is 1.93 bits per heavy atom. The van der Waals surface area contributed by atoms with Gasteiger partial charge in [-0.2, -0.15) is 5.10 Å². The third-order valence-corrected chi connectivity index (χ3v) is 5.23. The average Bonchev–Trinajstić information content (AvgIpc) is 3.38. The van der Waals surface area contributed by atoms with E-state index in [2.05, 4.69) is 15.4 Å². The summed E-state index contributed by atoms with van der Waals surface area (Å²) in [5.41, 5.74) is 9.10. The van der Waals surface area contributed by atoms with E-state index < -0.39 is 5.91 Å². The van der Waals surface area contributed by atoms with Crippen molar-refractivity contribution in [3.05, 3.63) is 83.1 Å². The Labute approximate surface area is 170 Å². The molecule has 8 heteroatoms. The molecule has 7 nitrogen and oxygen atoms in total. The van der Waals surface area contributed by atoms with Crippen LogP contribution in [0.15, 0.2) is 66.3 Å². The van der Waals surface area contributed by atoms with Crippen LogP contribution >= 0.6 is 11.3 Å². The van der Waals surface area contributed by atoms with Gasteiger partial charge in [-0.25, -0.2) is 9.67 Å². The highest BCUT2D eigenvalue weighted by Gasteiger charge is 2.14. The van der Waals surface area contributed by atoms with Gasteiger partial charge in [0.05, 0.1) is 11.9 Å². The molecule has 0 radical (unpaired) electrons. The molecule has 3 N–H and O–H groups in total. The largest absolute Gasteiger partial charge is 0.366 e. The molecule has 2 amide bonds. The molecule has 2 aromatic carbocycles. The summed E-state index contributed by atoms with van der Waals surface area (Å²) in [5, 5.41) is 9.56. The van der Waals surface area contributed by atoms with E-state index in [1.165, 1.54) is 11.3 Å². The lowest BCUT2D eigenvalue weighted by molar-refractivity contribution is 0.0997. The van der Waals surface area contributed by atoms with Gasteiger partial charge in [0.25, 0.3) is 5.91 Å². The van der Waals surface area contributed by atoms with Crippen molar-refractivity contribution < 1.29 is 9.59 Å². The number of primary amides is 1. The van der Waals surface area contributed by atoms with Gasteiger partial charge < -0.3 is 11.1 Å². The molecule has 29 heavy (non-hydrogen) atoms. The van der Waals surface area contributed by atoms with Crippen LogP contribution in [0.1, 0.15) is 26.4 Å². The molecule has 0 saturated heterocycles. The van der Waals surface area contributed by atoms with Crippen molar-refractivity contribution >= 4 is 28.8 Å². The van der Waals surface area contributed by atoms with Crippen molar-refractivity contribution in [1.29, 1.82) is 0 Å². The first-order valence-electron chi connectivity index (χ1n) is 8.79. The number of para-hydroxylation sites is 1. The van der Waals surface area contributed by atoms with Crippen molar-refractivity contribution in [2.45, 2.75) is 6.92 Å². The van der Waals surface area contributed by atoms with Crippen molar-refractivity contribution in [2.24, 2.45) is 5.73 Å². The molecule has 0 saturated carbocycles. The van der Waals surface area contributed by atoms with Crippen LogP contribution in [0.2, 0.25) is 0 Å². The normalized spacial score (nSPS) is 10.7. The number of thiazole rings is 1. The van der Waals surface area contributed by atoms with Crippen LogP contribution in [-0.4, -0.2) is 26.6 Å². The summed E-state index contributed by atoms with van der Waals surface area (Å²) in [5.74, 6) is -0.824. The van der Waals surface area contributed by atoms with Crippen LogP contribution in [0.3, 0.4) is 0 Å². The van der Waals surface area contributed by atoms with Crippen molar-refractivity contribution in [2.75, 3.05) is 5.32 Å². The SMILES string of the molecule is Cc1cc(NC(=O)c2csc(-c3cnn(-c4ccccc4)c3)n2)ccc1C(N)=O. The molecule has 0 aliphatic carbocycles. The molecule has 0 unspecified atom stereocenters. The Bertz CT molecular complexity index is 1200. The fraction of sp³-hybridized carbons (Fsp3) is 0.0476. The maximum absolute atomic E-state index is 12.5. The maximum atomic E-state index is 12.5. The van der Waals surface area contributed by atoms with Gasteiger partial charge in [-0.15, -0.1) is 11.3 Å². The number of hydrogen-bond donors (Lipinski definition) is 2. The number of aryl methyl sites for hydroxylation is 1. The zero-order chi connectivity index (χ0) is 20.4. The number of rotatable bonds is 5. The molecule has 0 fully saturated rings. The number of nitrogens with two attached hydrogens (primary N) is 1. The minimum absolute atomic E-state index is 0.314. The predicted molar refractivity (Wildman–Crippen MR) is 112 cm³/mol. The van der Waals surface area contributed by atoms with Gasteiger partial charge in [0.15, 0.2) is 0 Å². The van der Waals surface area contributed by atoms with Crippen molar-refractivity contribution in [3.63, 3.8) is 0 Å². The van der Waals surface area contributed by atoms with Crippen molar-refractivity contribution in [3.8, 4) is 16.3 Å². The highest BCUT2D eigenvalue weighted by molar-refractivity contribution is 7.13. The van der Waals surface area contributed by atoms with E-state index in [4.69, 9.17) is 5.73 Å². The molecule has 0 atom stereocenters. The third-order valence-electron chi connectivity index (χ3n) is 4.34. The highest BCUT2D eigenvalue weighted by Crippen LogP contribution is 2.25. The number of nitrogens with one attached hydrogen (secondary N) is 1. The zero-order valence-electron chi connectivity index (χ0n) is 15.5. The van der Waals surface area contributed by atoms with E-state index in [9.17, 15) is 9.59 Å². The first-order chi connectivity index (χ1) is 14.0. The van der Waals surface area contributed by atoms with Crippen LogP contribution in [-0.2, 0) is 0 Å². The van der Waals surface area contributed by atoms with E-state index in [0.717, 1.165) is 11.3 Å². The van der Waals surface area contributed by atoms with E-state index in [1.807, 2.05) is 36.5 Å². The van der Waals surface area contributed by atoms with Crippen LogP contribution in [0.25, 0.3) is 16.3 Å². The van der Waals surface area contributed by atoms with Gasteiger partial charge in [0.2, 0.25) is 5.91 Å². The second kappa shape index (κ2) is 7.69. The number of anilines is 1. The van der Waals surface area contributed by atoms with Gasteiger partial charge in [-0.1, -0.05) is 18.2 Å². The second-order valence-electron chi connectivity index (χ2n) is 6.40. The summed E-state index contributed by atoms with van der Waals surface area (Å²) < 4.78 is 1.76. The Hall–Kier alpha value is -3.78. The monoisotopic (exact) mass is 403 g/mol. The molecule has 2 aromatic heterocycles. The summed E-state index contributed by atoms with van der Waals surface area (Å²) in [6.07, 6.45) is 3.60. The minimum atomic E-state index is -0.499. The quantitative estimate of drug-likeness (QED) is 0.531. The molecule has 0 aliphatic rings. The number of amides is 2. The average molecular weight is 403 g/mol. The lowest BCUT2D eigenvalue weighted by Gasteiger charge is -2.07. The van der Waals surface area contributed by atoms with E-state index >= 15 is 0 Å². The molecule has 4 rings (SSSR count). The molecule has 0 aliphatic heterocycles. The van der Waals surface area contributed by atoms with Crippen LogP contribution in [0.4, 0.5) is 5.69 Å². The van der Waals surface area contributed by atoms with E-state index in [0.29, 0.717) is 27.5 Å². The van der Waals surface area contributed by atoms with Gasteiger partial charge in [-0.3, -0.25) is 9.59 Å². The van der Waals surface area contributed by atoms with Gasteiger partial charge in [0.1, 0.15) is 10.7 Å². The number of benzene rings is 2. The Morgan fingerprint density at radius 3 is 2.66 bits per heavy atom. The van der Waals surface area contributed by atoms with Gasteiger partial charge in [-0.05, 0) is 42.8 Å². The zero-order valence-corrected chi connectivity index (χ0v) is 16.3. The van der Waals surface area contributed by atoms with Crippen LogP contribution in [0, 0.1) is 6.92 Å². The number of carbonyl (C=O) groups is 2. The minimum Gasteiger partial charge on any atom is -0.366 e. The van der Waals surface area contributed by atoms with Crippen molar-refractivity contribution in [1.82, 2.24) is 14.8 Å². The highest BCUT2D eigenvalue weighted by atomic mass is 32.1. The standard InChI is InChI=1S/C21H17N5O2S/c1-13-9-15(7-8-17(13)19(22)27)24-20(28)18-12-29-21(25-18)14-10-23-26(11-14)16-5-3-2-4-6-16/h2-12H,1H3,(H2,22,27)(H,24,28). The molecular weight excluding hydrogens is 386 g/mol. The third kappa shape index (κ3) is 3.92. The molecule has 0 bridgehead atoms. The number of nitrogens with zero attached hydrogens (tertiary/aromatic N) is 3. The molecule has 4 aromatic rings. The summed E-state index contributed by atoms with van der Waals surface area (Å²) in [6, 6.07) is 14.7. The molecule has 0 spiro atoms. The number of carbonyl (C=O) groups excluding carboxylic acids is 2. The predicted octanol–water partition coefficient (Wildman–Crippen LogP) is 3.66. The Kier molecular flexibility index (Phi) is 4.92. The number of hydrogen-bond acceptors (Lipinski definition) is 5. The fourth-order valence-corrected chi connectivity index (χ4v) is 3.65. The van der Waals surface area contributed by atoms with E-state index in [1.54, 1.807) is 41.4 Å². The molecule has 2 heterocycles. The summed E-state index contributed by atoms with van der Waals surface area (Å²) >= 11 is 1.37. The smallest absolute Gasteiger partial charge is 0.275 e. The first kappa shape index (κ1) is 18.6. The van der Waals surface area contributed by atoms with Crippen LogP contribution in [0.5, 0.6) is 0 Å². The summed E-state index contributed by atoms with van der Waals surface area (Å²) in [4.78, 5) is 28.3. The fourth-order valence-electron chi connectivity index (χ4n) is 2.88. The second-order valence-corrected chi connectivity index (χ2v) is 7.25. The lowest BCUT2D eigenvalue weighted by Crippen LogP contribution is -2.15. The van der Waals surface area contributed by atoms with Gasteiger partial charge >= 0.3 is 0 Å². The lowest BCUT2D eigenvalue weighted by atomic mass is 10.1. The maximum Gasteiger partial charge on any atom is 0.275 e. The van der Waals surface area contributed by atoms with Gasteiger partial charge in [0, 0.05) is 28.4 Å².